The Morgan fingerprint density at radius 3 is 2.00 bits per heavy atom. The Morgan fingerprint density at radius 1 is 0.810 bits per heavy atom. The Balaban J connectivity index is 1.54. The van der Waals surface area contributed by atoms with Crippen LogP contribution in [-0.4, -0.2) is 40.4 Å². The first-order valence-corrected chi connectivity index (χ1v) is 8.38. The second kappa shape index (κ2) is 6.91. The van der Waals surface area contributed by atoms with Crippen molar-refractivity contribution in [1.82, 2.24) is 4.90 Å². The summed E-state index contributed by atoms with van der Waals surface area (Å²) in [6, 6.07) is 9.06. The lowest BCUT2D eigenvalue weighted by Crippen LogP contribution is -2.35. The minimum Gasteiger partial charge on any atom is -0.393 e. The van der Waals surface area contributed by atoms with Gasteiger partial charge in [0, 0.05) is 19.6 Å². The smallest absolute Gasteiger partial charge is 0.0564 e. The molecule has 1 heterocycles. The van der Waals surface area contributed by atoms with Crippen LogP contribution >= 0.6 is 0 Å². The van der Waals surface area contributed by atoms with Crippen molar-refractivity contribution in [3.8, 4) is 0 Å². The highest BCUT2D eigenvalue weighted by Gasteiger charge is 2.21. The quantitative estimate of drug-likeness (QED) is 0.899. The molecule has 1 aliphatic heterocycles. The normalized spacial score (nSPS) is 28.7. The minimum absolute atomic E-state index is 0.0741. The van der Waals surface area contributed by atoms with Crippen molar-refractivity contribution in [2.45, 2.75) is 63.2 Å². The SMILES string of the molecule is OC1CCC(c2ccc(CN3CCC(O)CC3)cc2)CC1. The molecular weight excluding hydrogens is 262 g/mol. The van der Waals surface area contributed by atoms with Crippen LogP contribution in [0.15, 0.2) is 24.3 Å². The Labute approximate surface area is 127 Å². The summed E-state index contributed by atoms with van der Waals surface area (Å²) in [7, 11) is 0. The summed E-state index contributed by atoms with van der Waals surface area (Å²) in [6.45, 7) is 3.00. The van der Waals surface area contributed by atoms with Crippen LogP contribution in [0, 0.1) is 0 Å². The molecule has 0 unspecified atom stereocenters. The van der Waals surface area contributed by atoms with Gasteiger partial charge in [0.05, 0.1) is 12.2 Å². The zero-order valence-corrected chi connectivity index (χ0v) is 12.7. The predicted octanol–water partition coefficient (Wildman–Crippen LogP) is 2.66. The van der Waals surface area contributed by atoms with Crippen LogP contribution in [0.1, 0.15) is 55.6 Å². The van der Waals surface area contributed by atoms with Gasteiger partial charge < -0.3 is 10.2 Å². The van der Waals surface area contributed by atoms with E-state index in [-0.39, 0.29) is 12.2 Å². The predicted molar refractivity (Wildman–Crippen MR) is 84.2 cm³/mol. The van der Waals surface area contributed by atoms with Gasteiger partial charge in [-0.25, -0.2) is 0 Å². The second-order valence-corrected chi connectivity index (χ2v) is 6.75. The molecule has 0 bridgehead atoms. The summed E-state index contributed by atoms with van der Waals surface area (Å²) >= 11 is 0. The van der Waals surface area contributed by atoms with Gasteiger partial charge in [0.25, 0.3) is 0 Å². The summed E-state index contributed by atoms with van der Waals surface area (Å²) in [5.41, 5.74) is 2.80. The van der Waals surface area contributed by atoms with Gasteiger partial charge in [-0.1, -0.05) is 24.3 Å². The third-order valence-electron chi connectivity index (χ3n) is 5.11. The van der Waals surface area contributed by atoms with Gasteiger partial charge >= 0.3 is 0 Å². The molecule has 3 nitrogen and oxygen atoms in total. The fourth-order valence-electron chi connectivity index (χ4n) is 3.64. The summed E-state index contributed by atoms with van der Waals surface area (Å²) in [5.74, 6) is 0.632. The summed E-state index contributed by atoms with van der Waals surface area (Å²) in [4.78, 5) is 2.43. The Bertz CT molecular complexity index is 429. The van der Waals surface area contributed by atoms with Crippen LogP contribution in [0.3, 0.4) is 0 Å². The number of rotatable bonds is 3. The average Bonchev–Trinajstić information content (AvgIpc) is 2.51. The number of piperidine rings is 1. The fourth-order valence-corrected chi connectivity index (χ4v) is 3.64. The van der Waals surface area contributed by atoms with Gasteiger partial charge in [-0.2, -0.15) is 0 Å². The maximum atomic E-state index is 9.60. The van der Waals surface area contributed by atoms with E-state index in [1.54, 1.807) is 0 Å². The molecule has 0 spiro atoms. The first-order chi connectivity index (χ1) is 10.2. The van der Waals surface area contributed by atoms with Crippen molar-refractivity contribution >= 4 is 0 Å². The maximum absolute atomic E-state index is 9.60. The highest BCUT2D eigenvalue weighted by atomic mass is 16.3. The molecule has 1 aromatic carbocycles. The highest BCUT2D eigenvalue weighted by Crippen LogP contribution is 2.32. The van der Waals surface area contributed by atoms with Crippen molar-refractivity contribution in [3.05, 3.63) is 35.4 Å². The molecule has 3 rings (SSSR count). The number of aliphatic hydroxyl groups excluding tert-OH is 2. The molecule has 1 aromatic rings. The van der Waals surface area contributed by atoms with Crippen molar-refractivity contribution in [2.24, 2.45) is 0 Å². The molecule has 0 amide bonds. The van der Waals surface area contributed by atoms with Gasteiger partial charge in [-0.15, -0.1) is 0 Å². The summed E-state index contributed by atoms with van der Waals surface area (Å²) in [5, 5.41) is 19.1. The van der Waals surface area contributed by atoms with Gasteiger partial charge in [-0.3, -0.25) is 4.90 Å². The molecule has 116 valence electrons. The van der Waals surface area contributed by atoms with E-state index in [0.29, 0.717) is 5.92 Å². The number of benzene rings is 1. The molecule has 0 radical (unpaired) electrons. The van der Waals surface area contributed by atoms with Crippen LogP contribution in [0.2, 0.25) is 0 Å². The van der Waals surface area contributed by atoms with Crippen LogP contribution in [0.25, 0.3) is 0 Å². The monoisotopic (exact) mass is 289 g/mol. The van der Waals surface area contributed by atoms with Crippen LogP contribution in [-0.2, 0) is 6.54 Å². The van der Waals surface area contributed by atoms with Crippen molar-refractivity contribution < 1.29 is 10.2 Å². The molecule has 0 atom stereocenters. The lowest BCUT2D eigenvalue weighted by molar-refractivity contribution is 0.0792. The topological polar surface area (TPSA) is 43.7 Å². The summed E-state index contributed by atoms with van der Waals surface area (Å²) < 4.78 is 0. The van der Waals surface area contributed by atoms with Crippen LogP contribution in [0.4, 0.5) is 0 Å². The molecule has 3 heteroatoms. The summed E-state index contributed by atoms with van der Waals surface area (Å²) in [6.07, 6.45) is 5.77. The molecule has 1 aliphatic carbocycles. The van der Waals surface area contributed by atoms with E-state index in [1.807, 2.05) is 0 Å². The third-order valence-corrected chi connectivity index (χ3v) is 5.11. The molecule has 21 heavy (non-hydrogen) atoms. The number of hydrogen-bond donors (Lipinski definition) is 2. The number of likely N-dealkylation sites (tertiary alicyclic amines) is 1. The van der Waals surface area contributed by atoms with Crippen LogP contribution < -0.4 is 0 Å². The van der Waals surface area contributed by atoms with Gasteiger partial charge in [0.2, 0.25) is 0 Å². The lowest BCUT2D eigenvalue weighted by Gasteiger charge is -2.29. The zero-order valence-electron chi connectivity index (χ0n) is 12.7. The Kier molecular flexibility index (Phi) is 4.94. The van der Waals surface area contributed by atoms with E-state index in [4.69, 9.17) is 0 Å². The Hall–Kier alpha value is -0.900. The average molecular weight is 289 g/mol. The first-order valence-electron chi connectivity index (χ1n) is 8.38. The van der Waals surface area contributed by atoms with Crippen molar-refractivity contribution in [2.75, 3.05) is 13.1 Å². The second-order valence-electron chi connectivity index (χ2n) is 6.75. The van der Waals surface area contributed by atoms with Gasteiger partial charge in [-0.05, 0) is 55.6 Å². The molecule has 1 saturated carbocycles. The fraction of sp³-hybridized carbons (Fsp3) is 0.667. The third kappa shape index (κ3) is 4.06. The minimum atomic E-state index is -0.0923. The molecule has 1 saturated heterocycles. The standard InChI is InChI=1S/C18H27NO2/c20-17-7-5-16(6-8-17)15-3-1-14(2-4-15)13-19-11-9-18(21)10-12-19/h1-4,16-18,20-21H,5-13H2. The molecule has 2 fully saturated rings. The van der Waals surface area contributed by atoms with Crippen LogP contribution in [0.5, 0.6) is 0 Å². The van der Waals surface area contributed by atoms with E-state index in [0.717, 1.165) is 58.2 Å². The highest BCUT2D eigenvalue weighted by molar-refractivity contribution is 5.26. The number of nitrogens with zero attached hydrogens (tertiary/aromatic N) is 1. The van der Waals surface area contributed by atoms with E-state index in [1.165, 1.54) is 11.1 Å². The van der Waals surface area contributed by atoms with E-state index < -0.39 is 0 Å². The maximum Gasteiger partial charge on any atom is 0.0564 e. The molecule has 0 aromatic heterocycles. The first kappa shape index (κ1) is 15.0. The Morgan fingerprint density at radius 2 is 1.38 bits per heavy atom. The van der Waals surface area contributed by atoms with E-state index >= 15 is 0 Å². The van der Waals surface area contributed by atoms with Crippen molar-refractivity contribution in [1.29, 1.82) is 0 Å². The largest absolute Gasteiger partial charge is 0.393 e. The zero-order chi connectivity index (χ0) is 14.7. The molecular formula is C18H27NO2. The van der Waals surface area contributed by atoms with Gasteiger partial charge in [0.15, 0.2) is 0 Å². The molecule has 2 aliphatic rings. The number of hydrogen-bond acceptors (Lipinski definition) is 3. The van der Waals surface area contributed by atoms with E-state index in [2.05, 4.69) is 29.2 Å². The van der Waals surface area contributed by atoms with E-state index in [9.17, 15) is 10.2 Å². The lowest BCUT2D eigenvalue weighted by atomic mass is 9.82. The van der Waals surface area contributed by atoms with Gasteiger partial charge in [0.1, 0.15) is 0 Å². The molecule has 2 N–H and O–H groups in total. The van der Waals surface area contributed by atoms with Crippen molar-refractivity contribution in [3.63, 3.8) is 0 Å². The number of aliphatic hydroxyl groups is 2.